The zero-order chi connectivity index (χ0) is 21.8. The molecule has 1 aliphatic rings. The second-order valence-corrected chi connectivity index (χ2v) is 8.65. The first kappa shape index (κ1) is 21.0. The fourth-order valence-corrected chi connectivity index (χ4v) is 4.60. The van der Waals surface area contributed by atoms with Crippen LogP contribution in [0.1, 0.15) is 24.8 Å². The van der Waals surface area contributed by atoms with Gasteiger partial charge in [-0.15, -0.1) is 11.3 Å². The minimum atomic E-state index is -0.708. The van der Waals surface area contributed by atoms with E-state index in [0.717, 1.165) is 33.8 Å². The van der Waals surface area contributed by atoms with Crippen LogP contribution in [0.15, 0.2) is 42.5 Å². The standard InChI is InChI=1S/C23H24N4O3S/c1-15-5-10-18-19(14-15)31-23(26-18)16-6-8-17(9-7-16)25-22(30)21(29)24-11-3-13-27-12-2-4-20(27)28/h5-10,14H,2-4,11-13H2,1H3,(H,24,29)(H,25,30). The van der Waals surface area contributed by atoms with Gasteiger partial charge in [0.25, 0.3) is 0 Å². The summed E-state index contributed by atoms with van der Waals surface area (Å²) < 4.78 is 1.14. The molecule has 1 saturated heterocycles. The van der Waals surface area contributed by atoms with Crippen LogP contribution < -0.4 is 10.6 Å². The predicted octanol–water partition coefficient (Wildman–Crippen LogP) is 3.34. The van der Waals surface area contributed by atoms with Gasteiger partial charge in [0.2, 0.25) is 5.91 Å². The van der Waals surface area contributed by atoms with E-state index in [1.165, 1.54) is 5.56 Å². The van der Waals surface area contributed by atoms with E-state index in [1.54, 1.807) is 28.4 Å². The van der Waals surface area contributed by atoms with Crippen LogP contribution in [0.3, 0.4) is 0 Å². The molecule has 1 aliphatic heterocycles. The first-order valence-corrected chi connectivity index (χ1v) is 11.2. The molecule has 0 bridgehead atoms. The highest BCUT2D eigenvalue weighted by Crippen LogP contribution is 2.31. The molecule has 2 aromatic carbocycles. The zero-order valence-electron chi connectivity index (χ0n) is 17.3. The Morgan fingerprint density at radius 3 is 2.68 bits per heavy atom. The van der Waals surface area contributed by atoms with Gasteiger partial charge in [0.05, 0.1) is 10.2 Å². The molecule has 3 aromatic rings. The van der Waals surface area contributed by atoms with Gasteiger partial charge in [-0.2, -0.15) is 0 Å². The topological polar surface area (TPSA) is 91.4 Å². The Hall–Kier alpha value is -3.26. The second-order valence-electron chi connectivity index (χ2n) is 7.62. The number of aromatic nitrogens is 1. The molecule has 31 heavy (non-hydrogen) atoms. The van der Waals surface area contributed by atoms with E-state index in [-0.39, 0.29) is 5.91 Å². The summed E-state index contributed by atoms with van der Waals surface area (Å²) in [4.78, 5) is 42.1. The van der Waals surface area contributed by atoms with E-state index >= 15 is 0 Å². The maximum absolute atomic E-state index is 12.1. The number of amides is 3. The van der Waals surface area contributed by atoms with E-state index in [4.69, 9.17) is 0 Å². The summed E-state index contributed by atoms with van der Waals surface area (Å²) in [6.45, 7) is 3.79. The van der Waals surface area contributed by atoms with Gasteiger partial charge in [-0.3, -0.25) is 14.4 Å². The number of nitrogens with zero attached hydrogens (tertiary/aromatic N) is 2. The lowest BCUT2D eigenvalue weighted by Gasteiger charge is -2.15. The maximum Gasteiger partial charge on any atom is 0.313 e. The van der Waals surface area contributed by atoms with Crippen molar-refractivity contribution in [2.45, 2.75) is 26.2 Å². The lowest BCUT2D eigenvalue weighted by molar-refractivity contribution is -0.136. The predicted molar refractivity (Wildman–Crippen MR) is 122 cm³/mol. The van der Waals surface area contributed by atoms with Crippen LogP contribution in [-0.2, 0) is 14.4 Å². The number of anilines is 1. The van der Waals surface area contributed by atoms with E-state index in [2.05, 4.69) is 28.6 Å². The Balaban J connectivity index is 1.28. The van der Waals surface area contributed by atoms with Crippen molar-refractivity contribution >= 4 is 45.0 Å². The van der Waals surface area contributed by atoms with Gasteiger partial charge in [-0.1, -0.05) is 6.07 Å². The molecule has 160 valence electrons. The van der Waals surface area contributed by atoms with Gasteiger partial charge in [0, 0.05) is 37.3 Å². The lowest BCUT2D eigenvalue weighted by atomic mass is 10.2. The zero-order valence-corrected chi connectivity index (χ0v) is 18.1. The van der Waals surface area contributed by atoms with Crippen molar-refractivity contribution in [1.82, 2.24) is 15.2 Å². The molecule has 2 heterocycles. The number of hydrogen-bond donors (Lipinski definition) is 2. The molecular formula is C23H24N4O3S. The van der Waals surface area contributed by atoms with Crippen molar-refractivity contribution in [3.05, 3.63) is 48.0 Å². The summed E-state index contributed by atoms with van der Waals surface area (Å²) in [6.07, 6.45) is 2.12. The SMILES string of the molecule is Cc1ccc2nc(-c3ccc(NC(=O)C(=O)NCCCN4CCCC4=O)cc3)sc2c1. The Morgan fingerprint density at radius 1 is 1.13 bits per heavy atom. The second kappa shape index (κ2) is 9.26. The van der Waals surface area contributed by atoms with Crippen LogP contribution >= 0.6 is 11.3 Å². The molecule has 0 aliphatic carbocycles. The van der Waals surface area contributed by atoms with Gasteiger partial charge in [0.1, 0.15) is 5.01 Å². The monoisotopic (exact) mass is 436 g/mol. The lowest BCUT2D eigenvalue weighted by Crippen LogP contribution is -2.37. The van der Waals surface area contributed by atoms with E-state index in [0.29, 0.717) is 31.6 Å². The number of thiazole rings is 1. The smallest absolute Gasteiger partial charge is 0.313 e. The third-order valence-electron chi connectivity index (χ3n) is 5.20. The highest BCUT2D eigenvalue weighted by Gasteiger charge is 2.19. The van der Waals surface area contributed by atoms with Gasteiger partial charge in [0.15, 0.2) is 0 Å². The minimum absolute atomic E-state index is 0.161. The van der Waals surface area contributed by atoms with Crippen LogP contribution in [0.5, 0.6) is 0 Å². The third-order valence-corrected chi connectivity index (χ3v) is 6.27. The van der Waals surface area contributed by atoms with E-state index in [1.807, 2.05) is 24.3 Å². The quantitative estimate of drug-likeness (QED) is 0.458. The third kappa shape index (κ3) is 5.08. The minimum Gasteiger partial charge on any atom is -0.348 e. The van der Waals surface area contributed by atoms with Crippen LogP contribution in [-0.4, -0.2) is 47.2 Å². The highest BCUT2D eigenvalue weighted by molar-refractivity contribution is 7.21. The molecule has 0 unspecified atom stereocenters. The first-order valence-electron chi connectivity index (χ1n) is 10.3. The Kier molecular flexibility index (Phi) is 6.27. The molecule has 0 radical (unpaired) electrons. The fourth-order valence-electron chi connectivity index (χ4n) is 3.53. The molecule has 3 amide bonds. The van der Waals surface area contributed by atoms with Crippen LogP contribution in [0.4, 0.5) is 5.69 Å². The average molecular weight is 437 g/mol. The van der Waals surface area contributed by atoms with Crippen LogP contribution in [0.2, 0.25) is 0 Å². The molecule has 2 N–H and O–H groups in total. The number of carbonyl (C=O) groups excluding carboxylic acids is 3. The number of likely N-dealkylation sites (tertiary alicyclic amines) is 1. The number of aryl methyl sites for hydroxylation is 1. The summed E-state index contributed by atoms with van der Waals surface area (Å²) in [5, 5.41) is 6.12. The van der Waals surface area contributed by atoms with Crippen molar-refractivity contribution in [2.75, 3.05) is 25.0 Å². The van der Waals surface area contributed by atoms with E-state index in [9.17, 15) is 14.4 Å². The summed E-state index contributed by atoms with van der Waals surface area (Å²) in [6, 6.07) is 13.5. The summed E-state index contributed by atoms with van der Waals surface area (Å²) >= 11 is 1.62. The Bertz CT molecular complexity index is 1120. The number of nitrogens with one attached hydrogen (secondary N) is 2. The molecule has 0 spiro atoms. The maximum atomic E-state index is 12.1. The van der Waals surface area contributed by atoms with Crippen LogP contribution in [0.25, 0.3) is 20.8 Å². The van der Waals surface area contributed by atoms with Crippen molar-refractivity contribution in [1.29, 1.82) is 0 Å². The Morgan fingerprint density at radius 2 is 1.94 bits per heavy atom. The number of rotatable bonds is 6. The number of fused-ring (bicyclic) bond motifs is 1. The normalized spacial score (nSPS) is 13.6. The van der Waals surface area contributed by atoms with Gasteiger partial charge < -0.3 is 15.5 Å². The molecule has 7 nitrogen and oxygen atoms in total. The van der Waals surface area contributed by atoms with Crippen LogP contribution in [0, 0.1) is 6.92 Å². The summed E-state index contributed by atoms with van der Waals surface area (Å²) in [5.74, 6) is -1.23. The Labute approximate surface area is 184 Å². The fraction of sp³-hybridized carbons (Fsp3) is 0.304. The average Bonchev–Trinajstić information content (AvgIpc) is 3.37. The molecule has 0 saturated carbocycles. The molecule has 0 atom stereocenters. The molecule has 1 aromatic heterocycles. The van der Waals surface area contributed by atoms with E-state index < -0.39 is 11.8 Å². The van der Waals surface area contributed by atoms with Crippen molar-refractivity contribution < 1.29 is 14.4 Å². The molecule has 8 heteroatoms. The number of hydrogen-bond acceptors (Lipinski definition) is 5. The number of carbonyl (C=O) groups is 3. The number of benzene rings is 2. The van der Waals surface area contributed by atoms with Gasteiger partial charge in [-0.25, -0.2) is 4.98 Å². The van der Waals surface area contributed by atoms with Crippen molar-refractivity contribution in [3.8, 4) is 10.6 Å². The molecule has 4 rings (SSSR count). The van der Waals surface area contributed by atoms with Gasteiger partial charge >= 0.3 is 11.8 Å². The summed E-state index contributed by atoms with van der Waals surface area (Å²) in [5.41, 5.74) is 3.67. The molecular weight excluding hydrogens is 412 g/mol. The molecule has 1 fully saturated rings. The van der Waals surface area contributed by atoms with Gasteiger partial charge in [-0.05, 0) is 61.7 Å². The highest BCUT2D eigenvalue weighted by atomic mass is 32.1. The summed E-state index contributed by atoms with van der Waals surface area (Å²) in [7, 11) is 0. The largest absolute Gasteiger partial charge is 0.348 e. The van der Waals surface area contributed by atoms with Crippen molar-refractivity contribution in [3.63, 3.8) is 0 Å². The first-order chi connectivity index (χ1) is 15.0. The van der Waals surface area contributed by atoms with Crippen molar-refractivity contribution in [2.24, 2.45) is 0 Å².